The minimum atomic E-state index is 0.247. The van der Waals surface area contributed by atoms with Crippen LogP contribution in [0.25, 0.3) is 0 Å². The molecule has 0 aromatic heterocycles. The van der Waals surface area contributed by atoms with Gasteiger partial charge in [0.2, 0.25) is 0 Å². The topological polar surface area (TPSA) is 53.1 Å². The second kappa shape index (κ2) is 6.30. The van der Waals surface area contributed by atoms with Crippen LogP contribution in [-0.4, -0.2) is 35.0 Å². The zero-order chi connectivity index (χ0) is 10.4. The van der Waals surface area contributed by atoms with Crippen LogP contribution in [0.15, 0.2) is 0 Å². The third kappa shape index (κ3) is 4.33. The van der Waals surface area contributed by atoms with Crippen LogP contribution in [0.2, 0.25) is 0 Å². The first-order chi connectivity index (χ1) is 6.70. The minimum absolute atomic E-state index is 0.247. The molecule has 1 unspecified atom stereocenters. The largest absolute Gasteiger partial charge is 0.379 e. The van der Waals surface area contributed by atoms with Crippen molar-refractivity contribution >= 4 is 16.9 Å². The Labute approximate surface area is 90.9 Å². The predicted octanol–water partition coefficient (Wildman–Crippen LogP) is 1.88. The average molecular weight is 215 g/mol. The summed E-state index contributed by atoms with van der Waals surface area (Å²) in [6.45, 7) is 4.74. The molecule has 0 aromatic rings. The van der Waals surface area contributed by atoms with E-state index in [1.54, 1.807) is 0 Å². The number of thioether (sulfide) groups is 1. The fraction of sp³-hybridized carbons (Fsp3) is 0.900. The maximum Gasteiger partial charge on any atom is 0.151 e. The number of piperidine rings is 1. The van der Waals surface area contributed by atoms with Crippen LogP contribution in [0.1, 0.15) is 32.6 Å². The first-order valence-corrected chi connectivity index (χ1v) is 6.39. The van der Waals surface area contributed by atoms with Gasteiger partial charge in [-0.25, -0.2) is 0 Å². The van der Waals surface area contributed by atoms with Crippen LogP contribution in [0.3, 0.4) is 0 Å². The standard InChI is InChI=1S/C10H21N3S/c1-9-5-2-3-6-13(9)7-4-8-14-10(11)12/h9H,2-8H2,1H3,(H3,11,12). The number of amidine groups is 1. The number of hydrogen-bond donors (Lipinski definition) is 2. The zero-order valence-electron chi connectivity index (χ0n) is 8.96. The maximum atomic E-state index is 7.08. The van der Waals surface area contributed by atoms with Crippen molar-refractivity contribution in [1.82, 2.24) is 4.90 Å². The van der Waals surface area contributed by atoms with E-state index in [1.807, 2.05) is 0 Å². The minimum Gasteiger partial charge on any atom is -0.379 e. The molecule has 0 radical (unpaired) electrons. The summed E-state index contributed by atoms with van der Waals surface area (Å²) in [5.74, 6) is 0.985. The van der Waals surface area contributed by atoms with Crippen LogP contribution < -0.4 is 5.73 Å². The Morgan fingerprint density at radius 1 is 1.57 bits per heavy atom. The molecule has 0 spiro atoms. The second-order valence-electron chi connectivity index (χ2n) is 3.95. The van der Waals surface area contributed by atoms with Crippen molar-refractivity contribution in [2.24, 2.45) is 5.73 Å². The molecule has 3 nitrogen and oxygen atoms in total. The molecule has 1 heterocycles. The Morgan fingerprint density at radius 3 is 3.00 bits per heavy atom. The highest BCUT2D eigenvalue weighted by atomic mass is 32.2. The lowest BCUT2D eigenvalue weighted by Gasteiger charge is -2.33. The summed E-state index contributed by atoms with van der Waals surface area (Å²) in [5.41, 5.74) is 5.27. The summed E-state index contributed by atoms with van der Waals surface area (Å²) in [7, 11) is 0. The molecule has 0 saturated carbocycles. The molecule has 14 heavy (non-hydrogen) atoms. The molecule has 82 valence electrons. The third-order valence-corrected chi connectivity index (χ3v) is 3.59. The summed E-state index contributed by atoms with van der Waals surface area (Å²) in [5, 5.41) is 7.33. The van der Waals surface area contributed by atoms with Gasteiger partial charge < -0.3 is 10.6 Å². The van der Waals surface area contributed by atoms with Gasteiger partial charge in [-0.3, -0.25) is 5.41 Å². The highest BCUT2D eigenvalue weighted by Crippen LogP contribution is 2.16. The number of likely N-dealkylation sites (tertiary alicyclic amines) is 1. The quantitative estimate of drug-likeness (QED) is 0.428. The Balaban J connectivity index is 2.07. The number of nitrogens with zero attached hydrogens (tertiary/aromatic N) is 1. The van der Waals surface area contributed by atoms with Crippen molar-refractivity contribution in [3.05, 3.63) is 0 Å². The number of rotatable bonds is 4. The Hall–Kier alpha value is -0.220. The average Bonchev–Trinajstić information content (AvgIpc) is 2.15. The van der Waals surface area contributed by atoms with Crippen LogP contribution in [0.5, 0.6) is 0 Å². The molecule has 0 aliphatic carbocycles. The van der Waals surface area contributed by atoms with Gasteiger partial charge in [0, 0.05) is 11.8 Å². The first kappa shape index (κ1) is 11.9. The highest BCUT2D eigenvalue weighted by molar-refractivity contribution is 8.13. The second-order valence-corrected chi connectivity index (χ2v) is 5.08. The van der Waals surface area contributed by atoms with E-state index in [-0.39, 0.29) is 5.17 Å². The lowest BCUT2D eigenvalue weighted by Crippen LogP contribution is -2.38. The van der Waals surface area contributed by atoms with E-state index in [0.29, 0.717) is 0 Å². The van der Waals surface area contributed by atoms with Gasteiger partial charge >= 0.3 is 0 Å². The van der Waals surface area contributed by atoms with Gasteiger partial charge in [0.25, 0.3) is 0 Å². The summed E-state index contributed by atoms with van der Waals surface area (Å²) in [6, 6.07) is 0.756. The molecule has 4 heteroatoms. The van der Waals surface area contributed by atoms with E-state index in [4.69, 9.17) is 11.1 Å². The summed E-state index contributed by atoms with van der Waals surface area (Å²) >= 11 is 1.46. The van der Waals surface area contributed by atoms with Gasteiger partial charge in [0.1, 0.15) is 0 Å². The van der Waals surface area contributed by atoms with E-state index < -0.39 is 0 Å². The maximum absolute atomic E-state index is 7.08. The van der Waals surface area contributed by atoms with Gasteiger partial charge in [0.15, 0.2) is 5.17 Å². The van der Waals surface area contributed by atoms with Crippen LogP contribution in [-0.2, 0) is 0 Å². The van der Waals surface area contributed by atoms with Crippen molar-refractivity contribution in [3.63, 3.8) is 0 Å². The predicted molar refractivity (Wildman–Crippen MR) is 63.9 cm³/mol. The molecule has 1 fully saturated rings. The van der Waals surface area contributed by atoms with Gasteiger partial charge in [-0.15, -0.1) is 0 Å². The van der Waals surface area contributed by atoms with E-state index in [9.17, 15) is 0 Å². The number of hydrogen-bond acceptors (Lipinski definition) is 3. The third-order valence-electron chi connectivity index (χ3n) is 2.79. The Bertz CT molecular complexity index is 184. The summed E-state index contributed by atoms with van der Waals surface area (Å²) in [6.07, 6.45) is 5.23. The van der Waals surface area contributed by atoms with E-state index in [1.165, 1.54) is 44.1 Å². The normalized spacial score (nSPS) is 23.6. The molecule has 0 bridgehead atoms. The monoisotopic (exact) mass is 215 g/mol. The first-order valence-electron chi connectivity index (χ1n) is 5.41. The van der Waals surface area contributed by atoms with Crippen LogP contribution in [0, 0.1) is 5.41 Å². The van der Waals surface area contributed by atoms with Crippen LogP contribution in [0.4, 0.5) is 0 Å². The highest BCUT2D eigenvalue weighted by Gasteiger charge is 2.16. The van der Waals surface area contributed by atoms with Gasteiger partial charge in [-0.1, -0.05) is 18.2 Å². The molecular weight excluding hydrogens is 194 g/mol. The van der Waals surface area contributed by atoms with E-state index in [0.717, 1.165) is 18.2 Å². The lowest BCUT2D eigenvalue weighted by atomic mass is 10.0. The zero-order valence-corrected chi connectivity index (χ0v) is 9.78. The molecule has 1 saturated heterocycles. The van der Waals surface area contributed by atoms with E-state index in [2.05, 4.69) is 11.8 Å². The molecule has 3 N–H and O–H groups in total. The Morgan fingerprint density at radius 2 is 2.36 bits per heavy atom. The molecule has 1 atom stereocenters. The van der Waals surface area contributed by atoms with Crippen molar-refractivity contribution in [3.8, 4) is 0 Å². The van der Waals surface area contributed by atoms with Crippen LogP contribution >= 0.6 is 11.8 Å². The number of nitrogens with one attached hydrogen (secondary N) is 1. The van der Waals surface area contributed by atoms with Gasteiger partial charge in [-0.2, -0.15) is 0 Å². The smallest absolute Gasteiger partial charge is 0.151 e. The number of nitrogens with two attached hydrogens (primary N) is 1. The molecule has 0 amide bonds. The fourth-order valence-electron chi connectivity index (χ4n) is 1.94. The fourth-order valence-corrected chi connectivity index (χ4v) is 2.43. The Kier molecular flexibility index (Phi) is 5.33. The summed E-state index contributed by atoms with van der Waals surface area (Å²) < 4.78 is 0. The van der Waals surface area contributed by atoms with Crippen molar-refractivity contribution in [1.29, 1.82) is 5.41 Å². The van der Waals surface area contributed by atoms with E-state index >= 15 is 0 Å². The van der Waals surface area contributed by atoms with Gasteiger partial charge in [-0.05, 0) is 39.3 Å². The SMILES string of the molecule is CC1CCCCN1CCCSC(=N)N. The summed E-state index contributed by atoms with van der Waals surface area (Å²) in [4.78, 5) is 2.56. The van der Waals surface area contributed by atoms with Crippen molar-refractivity contribution in [2.45, 2.75) is 38.6 Å². The van der Waals surface area contributed by atoms with Crippen molar-refractivity contribution < 1.29 is 0 Å². The van der Waals surface area contributed by atoms with Crippen molar-refractivity contribution in [2.75, 3.05) is 18.8 Å². The molecule has 1 aliphatic rings. The molecule has 0 aromatic carbocycles. The molecule has 1 rings (SSSR count). The molecular formula is C10H21N3S. The molecule has 1 aliphatic heterocycles. The lowest BCUT2D eigenvalue weighted by molar-refractivity contribution is 0.161. The van der Waals surface area contributed by atoms with Gasteiger partial charge in [0.05, 0.1) is 0 Å².